The van der Waals surface area contributed by atoms with Crippen molar-refractivity contribution in [1.82, 2.24) is 4.90 Å². The number of carbonyl (C=O) groups is 2. The van der Waals surface area contributed by atoms with Crippen molar-refractivity contribution in [1.29, 1.82) is 0 Å². The highest BCUT2D eigenvalue weighted by Crippen LogP contribution is 2.29. The van der Waals surface area contributed by atoms with E-state index in [1.807, 2.05) is 24.0 Å². The third-order valence-corrected chi connectivity index (χ3v) is 5.07. The van der Waals surface area contributed by atoms with E-state index in [-0.39, 0.29) is 11.7 Å². The Morgan fingerprint density at radius 2 is 2.21 bits per heavy atom. The monoisotopic (exact) mass is 280 g/mol. The summed E-state index contributed by atoms with van der Waals surface area (Å²) in [5.41, 5.74) is 4.93. The number of Topliss-reactive ketones (excluding diaryl/α,β-unsaturated/α-hetero) is 1. The second kappa shape index (κ2) is 5.43. The van der Waals surface area contributed by atoms with Gasteiger partial charge in [-0.2, -0.15) is 0 Å². The average molecular weight is 280 g/mol. The SMILES string of the molecule is CCc1ccc(C(=O)CN2CCC(C)(C(N)=O)C2)s1. The highest BCUT2D eigenvalue weighted by molar-refractivity contribution is 7.14. The third kappa shape index (κ3) is 3.04. The Labute approximate surface area is 117 Å². The van der Waals surface area contributed by atoms with Crippen molar-refractivity contribution in [3.63, 3.8) is 0 Å². The van der Waals surface area contributed by atoms with Gasteiger partial charge in [0, 0.05) is 11.4 Å². The van der Waals surface area contributed by atoms with Crippen molar-refractivity contribution in [2.45, 2.75) is 26.7 Å². The molecule has 1 saturated heterocycles. The molecule has 0 bridgehead atoms. The lowest BCUT2D eigenvalue weighted by atomic mass is 9.89. The van der Waals surface area contributed by atoms with Crippen molar-refractivity contribution in [3.05, 3.63) is 21.9 Å². The average Bonchev–Trinajstić information content (AvgIpc) is 2.97. The predicted molar refractivity (Wildman–Crippen MR) is 76.4 cm³/mol. The minimum Gasteiger partial charge on any atom is -0.369 e. The molecule has 5 heteroatoms. The summed E-state index contributed by atoms with van der Waals surface area (Å²) in [4.78, 5) is 27.6. The van der Waals surface area contributed by atoms with Gasteiger partial charge in [-0.05, 0) is 38.4 Å². The van der Waals surface area contributed by atoms with Crippen LogP contribution in [0.4, 0.5) is 0 Å². The maximum Gasteiger partial charge on any atom is 0.224 e. The third-order valence-electron chi connectivity index (χ3n) is 3.80. The van der Waals surface area contributed by atoms with Gasteiger partial charge in [-0.25, -0.2) is 0 Å². The number of primary amides is 1. The lowest BCUT2D eigenvalue weighted by molar-refractivity contribution is -0.126. The molecule has 0 aliphatic carbocycles. The number of carbonyl (C=O) groups excluding carboxylic acids is 2. The van der Waals surface area contributed by atoms with Gasteiger partial charge in [0.1, 0.15) is 0 Å². The zero-order valence-corrected chi connectivity index (χ0v) is 12.3. The molecule has 2 rings (SSSR count). The van der Waals surface area contributed by atoms with Crippen molar-refractivity contribution >= 4 is 23.0 Å². The summed E-state index contributed by atoms with van der Waals surface area (Å²) in [6, 6.07) is 3.91. The van der Waals surface area contributed by atoms with E-state index >= 15 is 0 Å². The maximum absolute atomic E-state index is 12.2. The summed E-state index contributed by atoms with van der Waals surface area (Å²) in [5.74, 6) is -0.134. The maximum atomic E-state index is 12.2. The number of rotatable bonds is 5. The number of amides is 1. The van der Waals surface area contributed by atoms with Crippen LogP contribution in [0.5, 0.6) is 0 Å². The van der Waals surface area contributed by atoms with Crippen LogP contribution in [0, 0.1) is 5.41 Å². The van der Waals surface area contributed by atoms with Crippen LogP contribution in [-0.4, -0.2) is 36.2 Å². The van der Waals surface area contributed by atoms with E-state index in [1.165, 1.54) is 4.88 Å². The van der Waals surface area contributed by atoms with Gasteiger partial charge in [0.15, 0.2) is 5.78 Å². The first-order chi connectivity index (χ1) is 8.94. The molecule has 1 aliphatic rings. The topological polar surface area (TPSA) is 63.4 Å². The first kappa shape index (κ1) is 14.2. The Balaban J connectivity index is 1.95. The van der Waals surface area contributed by atoms with Gasteiger partial charge in [-0.15, -0.1) is 11.3 Å². The second-order valence-corrected chi connectivity index (χ2v) is 6.60. The van der Waals surface area contributed by atoms with Crippen LogP contribution in [0.1, 0.15) is 34.8 Å². The van der Waals surface area contributed by atoms with Crippen molar-refractivity contribution < 1.29 is 9.59 Å². The highest BCUT2D eigenvalue weighted by atomic mass is 32.1. The van der Waals surface area contributed by atoms with Gasteiger partial charge in [0.25, 0.3) is 0 Å². The van der Waals surface area contributed by atoms with Crippen LogP contribution in [0.2, 0.25) is 0 Å². The number of likely N-dealkylation sites (tertiary alicyclic amines) is 1. The quantitative estimate of drug-likeness (QED) is 0.835. The zero-order chi connectivity index (χ0) is 14.0. The lowest BCUT2D eigenvalue weighted by Crippen LogP contribution is -2.38. The number of ketones is 1. The Morgan fingerprint density at radius 3 is 2.74 bits per heavy atom. The summed E-state index contributed by atoms with van der Waals surface area (Å²) >= 11 is 1.56. The Kier molecular flexibility index (Phi) is 4.06. The lowest BCUT2D eigenvalue weighted by Gasteiger charge is -2.20. The Bertz CT molecular complexity index is 497. The highest BCUT2D eigenvalue weighted by Gasteiger charge is 2.39. The number of nitrogens with two attached hydrogens (primary N) is 1. The summed E-state index contributed by atoms with van der Waals surface area (Å²) in [6.45, 7) is 5.68. The van der Waals surface area contributed by atoms with Crippen molar-refractivity contribution in [2.24, 2.45) is 11.1 Å². The molecule has 1 aromatic rings. The van der Waals surface area contributed by atoms with E-state index in [4.69, 9.17) is 5.73 Å². The summed E-state index contributed by atoms with van der Waals surface area (Å²) in [5, 5.41) is 0. The molecule has 0 radical (unpaired) electrons. The van der Waals surface area contributed by atoms with Crippen LogP contribution >= 0.6 is 11.3 Å². The smallest absolute Gasteiger partial charge is 0.224 e. The van der Waals surface area contributed by atoms with E-state index in [2.05, 4.69) is 6.92 Å². The summed E-state index contributed by atoms with van der Waals surface area (Å²) < 4.78 is 0. The number of hydrogen-bond acceptors (Lipinski definition) is 4. The van der Waals surface area contributed by atoms with Crippen LogP contribution in [0.3, 0.4) is 0 Å². The molecular formula is C14H20N2O2S. The van der Waals surface area contributed by atoms with Gasteiger partial charge in [0.2, 0.25) is 5.91 Å². The van der Waals surface area contributed by atoms with Gasteiger partial charge in [0.05, 0.1) is 16.8 Å². The number of nitrogens with zero attached hydrogens (tertiary/aromatic N) is 1. The molecule has 104 valence electrons. The van der Waals surface area contributed by atoms with E-state index in [9.17, 15) is 9.59 Å². The predicted octanol–water partition coefficient (Wildman–Crippen LogP) is 1.69. The fourth-order valence-electron chi connectivity index (χ4n) is 2.39. The Hall–Kier alpha value is -1.20. The molecule has 2 N–H and O–H groups in total. The van der Waals surface area contributed by atoms with E-state index < -0.39 is 5.41 Å². The molecule has 0 spiro atoms. The number of thiophene rings is 1. The molecular weight excluding hydrogens is 260 g/mol. The summed E-state index contributed by atoms with van der Waals surface area (Å²) in [7, 11) is 0. The minimum absolute atomic E-state index is 0.137. The van der Waals surface area contributed by atoms with E-state index in [0.717, 1.165) is 24.3 Å². The molecule has 0 aromatic carbocycles. The van der Waals surface area contributed by atoms with E-state index in [0.29, 0.717) is 13.1 Å². The van der Waals surface area contributed by atoms with Crippen LogP contribution in [-0.2, 0) is 11.2 Å². The van der Waals surface area contributed by atoms with Gasteiger partial charge < -0.3 is 5.73 Å². The molecule has 1 aliphatic heterocycles. The van der Waals surface area contributed by atoms with Gasteiger partial charge in [-0.1, -0.05) is 6.92 Å². The van der Waals surface area contributed by atoms with Gasteiger partial charge >= 0.3 is 0 Å². The first-order valence-electron chi connectivity index (χ1n) is 6.59. The largest absolute Gasteiger partial charge is 0.369 e. The molecule has 1 unspecified atom stereocenters. The minimum atomic E-state index is -0.482. The zero-order valence-electron chi connectivity index (χ0n) is 11.4. The van der Waals surface area contributed by atoms with Crippen molar-refractivity contribution in [3.8, 4) is 0 Å². The standard InChI is InChI=1S/C14H20N2O2S/c1-3-10-4-5-12(19-10)11(17)8-16-7-6-14(2,9-16)13(15)18/h4-5H,3,6-9H2,1-2H3,(H2,15,18). The number of aryl methyl sites for hydroxylation is 1. The van der Waals surface area contributed by atoms with Crippen LogP contribution in [0.25, 0.3) is 0 Å². The molecule has 19 heavy (non-hydrogen) atoms. The fourth-order valence-corrected chi connectivity index (χ4v) is 3.27. The molecule has 0 saturated carbocycles. The molecule has 1 aromatic heterocycles. The second-order valence-electron chi connectivity index (χ2n) is 5.43. The molecule has 1 fully saturated rings. The fraction of sp³-hybridized carbons (Fsp3) is 0.571. The van der Waals surface area contributed by atoms with Gasteiger partial charge in [-0.3, -0.25) is 14.5 Å². The molecule has 1 atom stereocenters. The van der Waals surface area contributed by atoms with E-state index in [1.54, 1.807) is 11.3 Å². The Morgan fingerprint density at radius 1 is 1.47 bits per heavy atom. The molecule has 1 amide bonds. The number of hydrogen-bond donors (Lipinski definition) is 1. The van der Waals surface area contributed by atoms with Crippen LogP contribution < -0.4 is 5.73 Å². The summed E-state index contributed by atoms with van der Waals surface area (Å²) in [6.07, 6.45) is 1.70. The molecule has 2 heterocycles. The molecule has 4 nitrogen and oxygen atoms in total. The first-order valence-corrected chi connectivity index (χ1v) is 7.40. The van der Waals surface area contributed by atoms with Crippen molar-refractivity contribution in [2.75, 3.05) is 19.6 Å². The van der Waals surface area contributed by atoms with Crippen LogP contribution in [0.15, 0.2) is 12.1 Å². The normalized spacial score (nSPS) is 23.7.